The van der Waals surface area contributed by atoms with Crippen molar-refractivity contribution in [2.75, 3.05) is 5.33 Å². The minimum atomic E-state index is 1.10. The fraction of sp³-hybridized carbons (Fsp3) is 0.556. The molecule has 2 rings (SSSR count). The Balaban J connectivity index is 2.09. The van der Waals surface area contributed by atoms with Crippen LogP contribution in [-0.2, 0) is 12.8 Å². The van der Waals surface area contributed by atoms with Crippen LogP contribution < -0.4 is 0 Å². The molecule has 0 nitrogen and oxygen atoms in total. The van der Waals surface area contributed by atoms with Crippen LogP contribution in [0, 0.1) is 0 Å². The summed E-state index contributed by atoms with van der Waals surface area (Å²) in [4.78, 5) is 2.88. The molecular weight excluding hydrogens is 520 g/mol. The molecule has 0 atom stereocenters. The summed E-state index contributed by atoms with van der Waals surface area (Å²) in [6, 6.07) is 4.72. The van der Waals surface area contributed by atoms with Gasteiger partial charge in [0, 0.05) is 15.1 Å². The van der Waals surface area contributed by atoms with Crippen LogP contribution in [0.15, 0.2) is 19.7 Å². The first-order valence-corrected chi connectivity index (χ1v) is 12.6. The zero-order chi connectivity index (χ0) is 16.7. The molecule has 0 spiro atoms. The average Bonchev–Trinajstić information content (AvgIpc) is 3.07. The molecule has 23 heavy (non-hydrogen) atoms. The predicted octanol–water partition coefficient (Wildman–Crippen LogP) is 8.84. The van der Waals surface area contributed by atoms with Gasteiger partial charge in [-0.25, -0.2) is 0 Å². The summed E-state index contributed by atoms with van der Waals surface area (Å²) in [5, 5.41) is 1.10. The SMILES string of the molecule is CCCCCCc1cc(-c2sc(Br)cc2CCCCBr)sc1Br. The summed E-state index contributed by atoms with van der Waals surface area (Å²) < 4.78 is 2.57. The van der Waals surface area contributed by atoms with Gasteiger partial charge in [0.05, 0.1) is 7.57 Å². The second kappa shape index (κ2) is 10.7. The molecule has 0 saturated carbocycles. The zero-order valence-electron chi connectivity index (χ0n) is 13.5. The molecule has 0 radical (unpaired) electrons. The Morgan fingerprint density at radius 1 is 0.870 bits per heavy atom. The van der Waals surface area contributed by atoms with Gasteiger partial charge in [-0.15, -0.1) is 22.7 Å². The highest BCUT2D eigenvalue weighted by molar-refractivity contribution is 9.11. The van der Waals surface area contributed by atoms with Crippen LogP contribution in [0.3, 0.4) is 0 Å². The van der Waals surface area contributed by atoms with Gasteiger partial charge in [-0.3, -0.25) is 0 Å². The van der Waals surface area contributed by atoms with E-state index in [4.69, 9.17) is 0 Å². The molecule has 0 amide bonds. The van der Waals surface area contributed by atoms with Crippen molar-refractivity contribution in [2.24, 2.45) is 0 Å². The highest BCUT2D eigenvalue weighted by Crippen LogP contribution is 2.43. The Morgan fingerprint density at radius 3 is 2.35 bits per heavy atom. The summed E-state index contributed by atoms with van der Waals surface area (Å²) >= 11 is 14.8. The Hall–Kier alpha value is 0.840. The van der Waals surface area contributed by atoms with E-state index >= 15 is 0 Å². The summed E-state index contributed by atoms with van der Waals surface area (Å²) in [7, 11) is 0. The number of rotatable bonds is 10. The Kier molecular flexibility index (Phi) is 9.42. The number of halogens is 3. The Labute approximate surface area is 173 Å². The van der Waals surface area contributed by atoms with Crippen LogP contribution in [0.4, 0.5) is 0 Å². The third kappa shape index (κ3) is 6.25. The molecule has 0 N–H and O–H groups in total. The van der Waals surface area contributed by atoms with E-state index in [2.05, 4.69) is 66.8 Å². The summed E-state index contributed by atoms with van der Waals surface area (Å²) in [6.07, 6.45) is 10.2. The molecule has 2 aromatic heterocycles. The van der Waals surface area contributed by atoms with E-state index < -0.39 is 0 Å². The van der Waals surface area contributed by atoms with Crippen LogP contribution in [0.2, 0.25) is 0 Å². The van der Waals surface area contributed by atoms with E-state index in [1.807, 2.05) is 22.7 Å². The normalized spacial score (nSPS) is 11.3. The quantitative estimate of drug-likeness (QED) is 0.208. The molecule has 2 aromatic rings. The second-order valence-corrected chi connectivity index (χ2v) is 11.4. The lowest BCUT2D eigenvalue weighted by Gasteiger charge is -2.01. The van der Waals surface area contributed by atoms with Gasteiger partial charge in [-0.1, -0.05) is 42.1 Å². The second-order valence-electron chi connectivity index (χ2n) is 5.77. The first-order valence-electron chi connectivity index (χ1n) is 8.28. The van der Waals surface area contributed by atoms with Gasteiger partial charge < -0.3 is 0 Å². The van der Waals surface area contributed by atoms with E-state index in [9.17, 15) is 0 Å². The van der Waals surface area contributed by atoms with E-state index in [-0.39, 0.29) is 0 Å². The van der Waals surface area contributed by atoms with E-state index in [0.29, 0.717) is 0 Å². The lowest BCUT2D eigenvalue weighted by atomic mass is 10.1. The lowest BCUT2D eigenvalue weighted by molar-refractivity contribution is 0.667. The summed E-state index contributed by atoms with van der Waals surface area (Å²) in [6.45, 7) is 2.27. The van der Waals surface area contributed by atoms with Gasteiger partial charge in [0.25, 0.3) is 0 Å². The first kappa shape index (κ1) is 20.2. The van der Waals surface area contributed by atoms with Gasteiger partial charge in [0.1, 0.15) is 0 Å². The van der Waals surface area contributed by atoms with Gasteiger partial charge in [-0.05, 0) is 87.2 Å². The fourth-order valence-corrected chi connectivity index (χ4v) is 6.63. The molecule has 0 aliphatic rings. The highest BCUT2D eigenvalue weighted by atomic mass is 79.9. The first-order chi connectivity index (χ1) is 11.2. The minimum Gasteiger partial charge on any atom is -0.127 e. The number of thiophene rings is 2. The van der Waals surface area contributed by atoms with Gasteiger partial charge >= 0.3 is 0 Å². The van der Waals surface area contributed by atoms with Crippen LogP contribution in [-0.4, -0.2) is 5.33 Å². The average molecular weight is 543 g/mol. The number of alkyl halides is 1. The third-order valence-corrected chi connectivity index (χ3v) is 8.27. The zero-order valence-corrected chi connectivity index (χ0v) is 19.9. The van der Waals surface area contributed by atoms with Gasteiger partial charge in [0.2, 0.25) is 0 Å². The van der Waals surface area contributed by atoms with E-state index in [1.165, 1.54) is 79.8 Å². The van der Waals surface area contributed by atoms with Crippen molar-refractivity contribution in [3.63, 3.8) is 0 Å². The van der Waals surface area contributed by atoms with Crippen molar-refractivity contribution in [1.82, 2.24) is 0 Å². The van der Waals surface area contributed by atoms with E-state index in [1.54, 1.807) is 0 Å². The van der Waals surface area contributed by atoms with Crippen LogP contribution in [0.5, 0.6) is 0 Å². The highest BCUT2D eigenvalue weighted by Gasteiger charge is 2.14. The molecule has 0 bridgehead atoms. The third-order valence-electron chi connectivity index (χ3n) is 3.89. The van der Waals surface area contributed by atoms with Crippen molar-refractivity contribution >= 4 is 70.5 Å². The fourth-order valence-electron chi connectivity index (χ4n) is 2.63. The maximum absolute atomic E-state index is 3.78. The molecule has 0 aromatic carbocycles. The van der Waals surface area contributed by atoms with E-state index in [0.717, 1.165) is 5.33 Å². The lowest BCUT2D eigenvalue weighted by Crippen LogP contribution is -1.86. The number of unbranched alkanes of at least 4 members (excludes halogenated alkanes) is 4. The van der Waals surface area contributed by atoms with Gasteiger partial charge in [-0.2, -0.15) is 0 Å². The molecule has 0 aliphatic heterocycles. The largest absolute Gasteiger partial charge is 0.127 e. The minimum absolute atomic E-state index is 1.10. The number of aryl methyl sites for hydroxylation is 2. The van der Waals surface area contributed by atoms with Crippen LogP contribution in [0.1, 0.15) is 56.6 Å². The standard InChI is InChI=1S/C18H23Br3S2/c1-2-3-4-5-9-14-11-15(22-18(14)21)17-13(8-6-7-10-19)12-16(20)23-17/h11-12H,2-10H2,1H3. The van der Waals surface area contributed by atoms with Crippen molar-refractivity contribution in [3.8, 4) is 9.75 Å². The maximum atomic E-state index is 3.78. The smallest absolute Gasteiger partial charge is 0.0737 e. The molecular formula is C18H23Br3S2. The van der Waals surface area contributed by atoms with Crippen molar-refractivity contribution in [3.05, 3.63) is 30.8 Å². The molecule has 2 heterocycles. The molecule has 0 fully saturated rings. The molecule has 128 valence electrons. The topological polar surface area (TPSA) is 0 Å². The monoisotopic (exact) mass is 540 g/mol. The Bertz CT molecular complexity index is 601. The summed E-state index contributed by atoms with van der Waals surface area (Å²) in [5.41, 5.74) is 2.98. The number of hydrogen-bond acceptors (Lipinski definition) is 2. The number of hydrogen-bond donors (Lipinski definition) is 0. The van der Waals surface area contributed by atoms with Gasteiger partial charge in [0.15, 0.2) is 0 Å². The maximum Gasteiger partial charge on any atom is 0.0737 e. The van der Waals surface area contributed by atoms with Crippen LogP contribution >= 0.6 is 70.5 Å². The molecule has 5 heteroatoms. The summed E-state index contributed by atoms with van der Waals surface area (Å²) in [5.74, 6) is 0. The predicted molar refractivity (Wildman–Crippen MR) is 118 cm³/mol. The molecule has 0 saturated heterocycles. The molecule has 0 aliphatic carbocycles. The van der Waals surface area contributed by atoms with Crippen molar-refractivity contribution in [2.45, 2.75) is 58.3 Å². The Morgan fingerprint density at radius 2 is 1.61 bits per heavy atom. The van der Waals surface area contributed by atoms with Crippen molar-refractivity contribution < 1.29 is 0 Å². The van der Waals surface area contributed by atoms with Crippen LogP contribution in [0.25, 0.3) is 9.75 Å². The van der Waals surface area contributed by atoms with Crippen molar-refractivity contribution in [1.29, 1.82) is 0 Å². The molecule has 0 unspecified atom stereocenters.